The highest BCUT2D eigenvalue weighted by Crippen LogP contribution is 2.31. The predicted octanol–water partition coefficient (Wildman–Crippen LogP) is 6.21. The number of rotatable bonds is 6. The quantitative estimate of drug-likeness (QED) is 0.350. The van der Waals surface area contributed by atoms with Crippen LogP contribution in [0.15, 0.2) is 58.1 Å². The summed E-state index contributed by atoms with van der Waals surface area (Å²) >= 11 is 11.4. The fourth-order valence-electron chi connectivity index (χ4n) is 2.48. The lowest BCUT2D eigenvalue weighted by Gasteiger charge is -2.10. The van der Waals surface area contributed by atoms with Gasteiger partial charge in [-0.1, -0.05) is 29.3 Å². The van der Waals surface area contributed by atoms with Gasteiger partial charge >= 0.3 is 6.18 Å². The molecule has 34 heavy (non-hydrogen) atoms. The van der Waals surface area contributed by atoms with E-state index in [1.807, 2.05) is 4.72 Å². The molecule has 2 rings (SSSR count). The van der Waals surface area contributed by atoms with Gasteiger partial charge in [0.05, 0.1) is 17.2 Å². The van der Waals surface area contributed by atoms with Gasteiger partial charge in [-0.15, -0.1) is 0 Å². The molecule has 186 valence electrons. The number of nitrogens with one attached hydrogen (secondary N) is 1. The fourth-order valence-corrected chi connectivity index (χ4v) is 4.25. The van der Waals surface area contributed by atoms with E-state index in [0.717, 1.165) is 12.1 Å². The Bertz CT molecular complexity index is 1160. The molecule has 0 aromatic heterocycles. The first-order valence-electron chi connectivity index (χ1n) is 9.74. The second-order valence-electron chi connectivity index (χ2n) is 6.54. The minimum Gasteiger partial charge on any atom is -0.494 e. The maximum Gasteiger partial charge on any atom is 0.416 e. The van der Waals surface area contributed by atoms with E-state index in [9.17, 15) is 26.4 Å². The van der Waals surface area contributed by atoms with Crippen LogP contribution in [0, 0.1) is 6.92 Å². The monoisotopic (exact) mass is 538 g/mol. The summed E-state index contributed by atoms with van der Waals surface area (Å²) in [6.45, 7) is 6.92. The van der Waals surface area contributed by atoms with Gasteiger partial charge in [-0.3, -0.25) is 9.79 Å². The van der Waals surface area contributed by atoms with Gasteiger partial charge in [0.2, 0.25) is 0 Å². The number of allylic oxidation sites excluding steroid dienone is 1. The highest BCUT2D eigenvalue weighted by Gasteiger charge is 2.30. The Morgan fingerprint density at radius 1 is 1.15 bits per heavy atom. The Balaban J connectivity index is 0.000000404. The number of hydrogen-bond acceptors (Lipinski definition) is 5. The summed E-state index contributed by atoms with van der Waals surface area (Å²) < 4.78 is 68.0. The molecule has 1 amide bonds. The van der Waals surface area contributed by atoms with Crippen molar-refractivity contribution in [2.75, 3.05) is 6.61 Å². The summed E-state index contributed by atoms with van der Waals surface area (Å²) in [5.74, 6) is -0.490. The SMILES string of the molecule is CC=N/C(=C\C)C(=O)NS(=O)(=O)c1cc(OCC)ccc1Cl.Cc1cc(Cl)cc(C(F)(F)F)c1. The van der Waals surface area contributed by atoms with Crippen LogP contribution < -0.4 is 9.46 Å². The topological polar surface area (TPSA) is 84.8 Å². The number of alkyl halides is 3. The van der Waals surface area contributed by atoms with Gasteiger partial charge in [0.15, 0.2) is 0 Å². The third kappa shape index (κ3) is 9.00. The molecule has 0 spiro atoms. The van der Waals surface area contributed by atoms with Gasteiger partial charge in [0, 0.05) is 17.3 Å². The van der Waals surface area contributed by atoms with E-state index in [4.69, 9.17) is 27.9 Å². The van der Waals surface area contributed by atoms with Crippen molar-refractivity contribution in [3.8, 4) is 5.75 Å². The smallest absolute Gasteiger partial charge is 0.416 e. The number of ether oxygens (including phenoxy) is 1. The van der Waals surface area contributed by atoms with Gasteiger partial charge in [-0.2, -0.15) is 13.2 Å². The largest absolute Gasteiger partial charge is 0.494 e. The van der Waals surface area contributed by atoms with Crippen molar-refractivity contribution in [3.63, 3.8) is 0 Å². The highest BCUT2D eigenvalue weighted by molar-refractivity contribution is 7.90. The van der Waals surface area contributed by atoms with Crippen molar-refractivity contribution in [3.05, 3.63) is 69.3 Å². The normalized spacial score (nSPS) is 12.2. The van der Waals surface area contributed by atoms with Gasteiger partial charge in [-0.05, 0) is 63.6 Å². The summed E-state index contributed by atoms with van der Waals surface area (Å²) in [7, 11) is -4.13. The molecule has 2 aromatic carbocycles. The van der Waals surface area contributed by atoms with Crippen LogP contribution in [0.25, 0.3) is 0 Å². The zero-order valence-electron chi connectivity index (χ0n) is 18.7. The van der Waals surface area contributed by atoms with Crippen molar-refractivity contribution in [2.45, 2.75) is 38.8 Å². The van der Waals surface area contributed by atoms with E-state index >= 15 is 0 Å². The minimum atomic E-state index is -4.31. The second-order valence-corrected chi connectivity index (χ2v) is 9.03. The molecule has 0 bridgehead atoms. The predicted molar refractivity (Wildman–Crippen MR) is 127 cm³/mol. The number of benzene rings is 2. The van der Waals surface area contributed by atoms with Crippen LogP contribution in [0.4, 0.5) is 13.2 Å². The fraction of sp³-hybridized carbons (Fsp3) is 0.273. The maximum absolute atomic E-state index is 12.3. The Hall–Kier alpha value is -2.56. The average molecular weight is 539 g/mol. The number of carbonyl (C=O) groups is 1. The van der Waals surface area contributed by atoms with Gasteiger partial charge in [-0.25, -0.2) is 13.1 Å². The molecule has 0 aliphatic heterocycles. The van der Waals surface area contributed by atoms with Crippen LogP contribution in [0.5, 0.6) is 5.75 Å². The molecular weight excluding hydrogens is 516 g/mol. The van der Waals surface area contributed by atoms with E-state index in [1.54, 1.807) is 33.8 Å². The Labute approximate surface area is 206 Å². The van der Waals surface area contributed by atoms with E-state index in [2.05, 4.69) is 4.99 Å². The van der Waals surface area contributed by atoms with E-state index in [-0.39, 0.29) is 20.6 Å². The van der Waals surface area contributed by atoms with E-state index < -0.39 is 27.7 Å². The summed E-state index contributed by atoms with van der Waals surface area (Å²) in [6, 6.07) is 7.66. The van der Waals surface area contributed by atoms with E-state index in [0.29, 0.717) is 17.9 Å². The van der Waals surface area contributed by atoms with Gasteiger partial charge in [0.1, 0.15) is 16.3 Å². The van der Waals surface area contributed by atoms with Crippen molar-refractivity contribution < 1.29 is 31.1 Å². The number of hydrogen-bond donors (Lipinski definition) is 1. The molecule has 6 nitrogen and oxygen atoms in total. The standard InChI is InChI=1S/C14H17ClN2O4S.C8H6ClF3/c1-4-12(16-5-2)14(18)17-22(19,20)13-9-10(21-6-3)7-8-11(13)15;1-5-2-6(8(10,11)12)4-7(9)3-5/h4-5,7-9H,6H2,1-3H3,(H,17,18);2-4H,1H3/b12-4-,16-5?;. The molecule has 0 radical (unpaired) electrons. The average Bonchev–Trinajstić information content (AvgIpc) is 2.72. The zero-order valence-corrected chi connectivity index (χ0v) is 21.0. The first-order chi connectivity index (χ1) is 15.7. The van der Waals surface area contributed by atoms with Crippen LogP contribution in [-0.2, 0) is 21.0 Å². The number of carbonyl (C=O) groups excluding carboxylic acids is 1. The zero-order chi connectivity index (χ0) is 26.1. The third-order valence-corrected chi connectivity index (χ3v) is 5.90. The highest BCUT2D eigenvalue weighted by atomic mass is 35.5. The lowest BCUT2D eigenvalue weighted by atomic mass is 10.1. The molecule has 0 saturated heterocycles. The first kappa shape index (κ1) is 29.5. The number of nitrogens with zero attached hydrogens (tertiary/aromatic N) is 1. The van der Waals surface area contributed by atoms with Crippen LogP contribution in [0.1, 0.15) is 31.9 Å². The molecule has 1 N–H and O–H groups in total. The number of halogens is 5. The van der Waals surface area contributed by atoms with Crippen LogP contribution in [0.2, 0.25) is 10.0 Å². The van der Waals surface area contributed by atoms with Crippen molar-refractivity contribution >= 4 is 45.3 Å². The Morgan fingerprint density at radius 3 is 2.29 bits per heavy atom. The maximum atomic E-state index is 12.3. The number of amides is 1. The molecule has 0 saturated carbocycles. The summed E-state index contributed by atoms with van der Waals surface area (Å²) in [5.41, 5.74) is -0.203. The lowest BCUT2D eigenvalue weighted by Crippen LogP contribution is -2.31. The van der Waals surface area contributed by atoms with Crippen molar-refractivity contribution in [1.29, 1.82) is 0 Å². The molecule has 0 heterocycles. The molecule has 0 unspecified atom stereocenters. The van der Waals surface area contributed by atoms with Gasteiger partial charge in [0.25, 0.3) is 15.9 Å². The molecule has 12 heteroatoms. The van der Waals surface area contributed by atoms with Crippen LogP contribution >= 0.6 is 23.2 Å². The molecule has 0 atom stereocenters. The minimum absolute atomic E-state index is 0.00947. The van der Waals surface area contributed by atoms with Crippen LogP contribution in [0.3, 0.4) is 0 Å². The van der Waals surface area contributed by atoms with E-state index in [1.165, 1.54) is 30.5 Å². The molecule has 0 aliphatic carbocycles. The Morgan fingerprint density at radius 2 is 1.79 bits per heavy atom. The summed E-state index contributed by atoms with van der Waals surface area (Å²) in [6.07, 6.45) is -1.51. The van der Waals surface area contributed by atoms with Crippen molar-refractivity contribution in [2.24, 2.45) is 4.99 Å². The van der Waals surface area contributed by atoms with Crippen molar-refractivity contribution in [1.82, 2.24) is 4.72 Å². The summed E-state index contributed by atoms with van der Waals surface area (Å²) in [5, 5.41) is 0.104. The number of aryl methyl sites for hydroxylation is 1. The Kier molecular flexibility index (Phi) is 11.1. The first-order valence-corrected chi connectivity index (χ1v) is 12.0. The molecule has 0 fully saturated rings. The van der Waals surface area contributed by atoms with Crippen LogP contribution in [-0.4, -0.2) is 27.1 Å². The number of aliphatic imine (C=N–C) groups is 1. The molecular formula is C22H23Cl2F3N2O4S. The molecule has 0 aliphatic rings. The third-order valence-electron chi connectivity index (χ3n) is 3.87. The van der Waals surface area contributed by atoms with Gasteiger partial charge < -0.3 is 4.74 Å². The second kappa shape index (κ2) is 12.8. The lowest BCUT2D eigenvalue weighted by molar-refractivity contribution is -0.137. The molecule has 2 aromatic rings. The number of sulfonamides is 1. The summed E-state index contributed by atoms with van der Waals surface area (Å²) in [4.78, 5) is 15.5.